The minimum atomic E-state index is -4.19. The third-order valence-electron chi connectivity index (χ3n) is 7.65. The Kier molecular flexibility index (Phi) is 11.3. The number of carbonyl (C=O) groups is 2. The van der Waals surface area contributed by atoms with Gasteiger partial charge in [-0.1, -0.05) is 72.4 Å². The molecule has 0 bridgehead atoms. The van der Waals surface area contributed by atoms with Gasteiger partial charge in [-0.3, -0.25) is 24.0 Å². The number of methoxy groups -OCH3 is 1. The average molecular weight is 678 g/mol. The zero-order valence-electron chi connectivity index (χ0n) is 24.8. The Balaban J connectivity index is 1.80. The number of anilines is 1. The standard InChI is InChI=1S/C31H34Cl2N4O7S/c1-44-29-15-14-25(37(40)41)18-27(29)36(45(2,42)43)20-30(38)35(19-22-12-13-23(32)17-26(22)33)28(16-21-8-4-3-5-9-21)31(39)34-24-10-6-7-11-24/h3-5,8-9,12-15,17-18,24,28H,6-7,10-11,16,19-20H2,1-2H3,(H,34,39)/t28-/m0/s1. The van der Waals surface area contributed by atoms with Crippen molar-refractivity contribution in [2.75, 3.05) is 24.2 Å². The van der Waals surface area contributed by atoms with E-state index in [0.29, 0.717) is 10.6 Å². The number of ether oxygens (including phenoxy) is 1. The zero-order chi connectivity index (χ0) is 32.7. The Morgan fingerprint density at radius 2 is 1.76 bits per heavy atom. The molecule has 0 unspecified atom stereocenters. The van der Waals surface area contributed by atoms with E-state index < -0.39 is 39.1 Å². The highest BCUT2D eigenvalue weighted by atomic mass is 35.5. The van der Waals surface area contributed by atoms with E-state index in [1.54, 1.807) is 12.1 Å². The summed E-state index contributed by atoms with van der Waals surface area (Å²) in [6, 6.07) is 16.3. The van der Waals surface area contributed by atoms with Gasteiger partial charge in [-0.25, -0.2) is 8.42 Å². The van der Waals surface area contributed by atoms with Crippen LogP contribution in [-0.4, -0.2) is 62.0 Å². The zero-order valence-corrected chi connectivity index (χ0v) is 27.1. The van der Waals surface area contributed by atoms with Crippen LogP contribution in [-0.2, 0) is 32.6 Å². The van der Waals surface area contributed by atoms with Gasteiger partial charge in [0.1, 0.15) is 24.0 Å². The van der Waals surface area contributed by atoms with Crippen LogP contribution in [0.1, 0.15) is 36.8 Å². The third kappa shape index (κ3) is 8.86. The summed E-state index contributed by atoms with van der Waals surface area (Å²) in [5.41, 5.74) is 0.681. The van der Waals surface area contributed by atoms with Crippen LogP contribution in [0.15, 0.2) is 66.7 Å². The van der Waals surface area contributed by atoms with E-state index in [-0.39, 0.29) is 41.4 Å². The molecule has 1 saturated carbocycles. The normalized spacial score (nSPS) is 14.0. The van der Waals surface area contributed by atoms with Gasteiger partial charge in [0, 0.05) is 41.2 Å². The van der Waals surface area contributed by atoms with Gasteiger partial charge in [-0.05, 0) is 42.2 Å². The molecule has 0 aromatic heterocycles. The fourth-order valence-electron chi connectivity index (χ4n) is 5.34. The van der Waals surface area contributed by atoms with Gasteiger partial charge in [-0.15, -0.1) is 0 Å². The van der Waals surface area contributed by atoms with Crippen LogP contribution in [0.25, 0.3) is 0 Å². The van der Waals surface area contributed by atoms with E-state index in [1.807, 2.05) is 30.3 Å². The van der Waals surface area contributed by atoms with E-state index in [9.17, 15) is 28.1 Å². The first-order valence-corrected chi connectivity index (χ1v) is 16.9. The molecule has 0 heterocycles. The molecule has 1 fully saturated rings. The Hall–Kier alpha value is -3.87. The number of rotatable bonds is 13. The molecule has 4 rings (SSSR count). The lowest BCUT2D eigenvalue weighted by atomic mass is 10.0. The number of sulfonamides is 1. The molecule has 1 atom stereocenters. The van der Waals surface area contributed by atoms with Crippen molar-refractivity contribution in [1.29, 1.82) is 0 Å². The second-order valence-corrected chi connectivity index (χ2v) is 13.6. The Bertz CT molecular complexity index is 1650. The highest BCUT2D eigenvalue weighted by Gasteiger charge is 2.35. The first-order valence-electron chi connectivity index (χ1n) is 14.2. The average Bonchev–Trinajstić information content (AvgIpc) is 3.51. The van der Waals surface area contributed by atoms with Gasteiger partial charge in [0.05, 0.1) is 18.3 Å². The predicted octanol–water partition coefficient (Wildman–Crippen LogP) is 5.38. The van der Waals surface area contributed by atoms with E-state index in [0.717, 1.165) is 47.9 Å². The molecule has 0 saturated heterocycles. The van der Waals surface area contributed by atoms with Crippen molar-refractivity contribution in [3.05, 3.63) is 98.0 Å². The van der Waals surface area contributed by atoms with E-state index in [1.165, 1.54) is 30.2 Å². The molecule has 14 heteroatoms. The summed E-state index contributed by atoms with van der Waals surface area (Å²) in [7, 11) is -2.91. The van der Waals surface area contributed by atoms with E-state index in [4.69, 9.17) is 27.9 Å². The maximum atomic E-state index is 14.3. The molecule has 2 amide bonds. The number of amides is 2. The quantitative estimate of drug-likeness (QED) is 0.190. The molecule has 1 aliphatic rings. The number of non-ortho nitro benzene ring substituents is 1. The summed E-state index contributed by atoms with van der Waals surface area (Å²) < 4.78 is 32.3. The van der Waals surface area contributed by atoms with Crippen molar-refractivity contribution in [3.63, 3.8) is 0 Å². The molecule has 240 valence electrons. The first-order chi connectivity index (χ1) is 21.4. The molecule has 3 aromatic carbocycles. The van der Waals surface area contributed by atoms with Crippen molar-refractivity contribution < 1.29 is 27.7 Å². The number of carbonyl (C=O) groups excluding carboxylic acids is 2. The second kappa shape index (κ2) is 14.9. The minimum Gasteiger partial charge on any atom is -0.495 e. The summed E-state index contributed by atoms with van der Waals surface area (Å²) in [5, 5.41) is 15.3. The Morgan fingerprint density at radius 3 is 2.36 bits per heavy atom. The van der Waals surface area contributed by atoms with Crippen molar-refractivity contribution in [3.8, 4) is 5.75 Å². The number of benzene rings is 3. The van der Waals surface area contributed by atoms with Crippen molar-refractivity contribution in [2.45, 2.75) is 50.7 Å². The number of hydrogen-bond donors (Lipinski definition) is 1. The SMILES string of the molecule is COc1ccc([N+](=O)[O-])cc1N(CC(=O)N(Cc1ccc(Cl)cc1Cl)[C@@H](Cc1ccccc1)C(=O)NC1CCCC1)S(C)(=O)=O. The van der Waals surface area contributed by atoms with Crippen LogP contribution in [0.5, 0.6) is 5.75 Å². The van der Waals surface area contributed by atoms with Gasteiger partial charge in [0.25, 0.3) is 5.69 Å². The lowest BCUT2D eigenvalue weighted by molar-refractivity contribution is -0.384. The van der Waals surface area contributed by atoms with Crippen LogP contribution in [0.2, 0.25) is 10.0 Å². The molecule has 0 spiro atoms. The van der Waals surface area contributed by atoms with Crippen molar-refractivity contribution in [2.24, 2.45) is 0 Å². The van der Waals surface area contributed by atoms with Crippen LogP contribution in [0.3, 0.4) is 0 Å². The number of nitro benzene ring substituents is 1. The lowest BCUT2D eigenvalue weighted by Gasteiger charge is -2.34. The summed E-state index contributed by atoms with van der Waals surface area (Å²) in [6.07, 6.45) is 4.60. The second-order valence-electron chi connectivity index (χ2n) is 10.8. The summed E-state index contributed by atoms with van der Waals surface area (Å²) >= 11 is 12.6. The maximum absolute atomic E-state index is 14.3. The van der Waals surface area contributed by atoms with Crippen LogP contribution < -0.4 is 14.4 Å². The number of hydrogen-bond acceptors (Lipinski definition) is 7. The molecular formula is C31H34Cl2N4O7S. The molecule has 11 nitrogen and oxygen atoms in total. The first kappa shape index (κ1) is 34.0. The topological polar surface area (TPSA) is 139 Å². The molecule has 3 aromatic rings. The van der Waals surface area contributed by atoms with E-state index >= 15 is 0 Å². The number of nitrogens with zero attached hydrogens (tertiary/aromatic N) is 3. The highest BCUT2D eigenvalue weighted by molar-refractivity contribution is 7.92. The molecular weight excluding hydrogens is 643 g/mol. The van der Waals surface area contributed by atoms with Crippen molar-refractivity contribution >= 4 is 56.4 Å². The van der Waals surface area contributed by atoms with E-state index in [2.05, 4.69) is 5.32 Å². The number of nitrogens with one attached hydrogen (secondary N) is 1. The van der Waals surface area contributed by atoms with Gasteiger partial charge < -0.3 is 15.0 Å². The van der Waals surface area contributed by atoms with Gasteiger partial charge in [-0.2, -0.15) is 0 Å². The summed E-state index contributed by atoms with van der Waals surface area (Å²) in [6.45, 7) is -0.919. The summed E-state index contributed by atoms with van der Waals surface area (Å²) in [5.74, 6) is -1.11. The predicted molar refractivity (Wildman–Crippen MR) is 173 cm³/mol. The lowest BCUT2D eigenvalue weighted by Crippen LogP contribution is -2.54. The fourth-order valence-corrected chi connectivity index (χ4v) is 6.65. The Labute approximate surface area is 272 Å². The number of halogens is 2. The Morgan fingerprint density at radius 1 is 1.07 bits per heavy atom. The smallest absolute Gasteiger partial charge is 0.271 e. The highest BCUT2D eigenvalue weighted by Crippen LogP contribution is 2.34. The van der Waals surface area contributed by atoms with Crippen LogP contribution >= 0.6 is 23.2 Å². The minimum absolute atomic E-state index is 0.00549. The van der Waals surface area contributed by atoms with Gasteiger partial charge in [0.2, 0.25) is 21.8 Å². The third-order valence-corrected chi connectivity index (χ3v) is 9.36. The molecule has 0 radical (unpaired) electrons. The van der Waals surface area contributed by atoms with Crippen LogP contribution in [0.4, 0.5) is 11.4 Å². The molecule has 1 N–H and O–H groups in total. The van der Waals surface area contributed by atoms with Gasteiger partial charge in [0.15, 0.2) is 0 Å². The summed E-state index contributed by atoms with van der Waals surface area (Å²) in [4.78, 5) is 40.5. The largest absolute Gasteiger partial charge is 0.495 e. The number of nitro groups is 1. The molecule has 1 aliphatic carbocycles. The maximum Gasteiger partial charge on any atom is 0.271 e. The fraction of sp³-hybridized carbons (Fsp3) is 0.355. The van der Waals surface area contributed by atoms with Gasteiger partial charge >= 0.3 is 0 Å². The van der Waals surface area contributed by atoms with Crippen molar-refractivity contribution in [1.82, 2.24) is 10.2 Å². The molecule has 45 heavy (non-hydrogen) atoms. The monoisotopic (exact) mass is 676 g/mol. The molecule has 0 aliphatic heterocycles. The van der Waals surface area contributed by atoms with Crippen LogP contribution in [0, 0.1) is 10.1 Å².